The molecule has 0 spiro atoms. The van der Waals surface area contributed by atoms with Gasteiger partial charge in [-0.3, -0.25) is 0 Å². The number of halogens is 2. The van der Waals surface area contributed by atoms with E-state index in [0.29, 0.717) is 12.8 Å². The van der Waals surface area contributed by atoms with Crippen LogP contribution < -0.4 is 5.32 Å². The molecule has 0 unspecified atom stereocenters. The van der Waals surface area contributed by atoms with Crippen molar-refractivity contribution in [2.75, 3.05) is 11.9 Å². The third-order valence-electron chi connectivity index (χ3n) is 3.63. The van der Waals surface area contributed by atoms with Crippen LogP contribution in [0.1, 0.15) is 21.7 Å². The van der Waals surface area contributed by atoms with Crippen LogP contribution in [0.25, 0.3) is 10.2 Å². The quantitative estimate of drug-likeness (QED) is 0.577. The summed E-state index contributed by atoms with van der Waals surface area (Å²) in [6.07, 6.45) is 2.99. The maximum absolute atomic E-state index is 12.0. The summed E-state index contributed by atoms with van der Waals surface area (Å²) in [5, 5.41) is 13.8. The molecule has 24 heavy (non-hydrogen) atoms. The third kappa shape index (κ3) is 4.06. The van der Waals surface area contributed by atoms with Crippen LogP contribution in [0.3, 0.4) is 0 Å². The number of nitrogens with zero attached hydrogens (tertiary/aromatic N) is 2. The molecule has 4 nitrogen and oxygen atoms in total. The number of hydrogen-bond acceptors (Lipinski definition) is 6. The standard InChI is InChI=1S/C16H17F2N3OS2/c1-10-13(5-2-6-22-16(17)18)24-15-12(9-20-21-14(10)15)19-8-11-4-3-7-23-11/h3-4,7,9,16H,2,5-6,8H2,1H3,(H,19,21). The van der Waals surface area contributed by atoms with Crippen molar-refractivity contribution in [3.63, 3.8) is 0 Å². The first kappa shape index (κ1) is 17.2. The van der Waals surface area contributed by atoms with Crippen LogP contribution in [0, 0.1) is 6.92 Å². The molecule has 0 amide bonds. The predicted octanol–water partition coefficient (Wildman–Crippen LogP) is 4.85. The minimum absolute atomic E-state index is 0.0561. The summed E-state index contributed by atoms with van der Waals surface area (Å²) in [5.74, 6) is 0. The Bertz CT molecular complexity index is 790. The van der Waals surface area contributed by atoms with Crippen molar-refractivity contribution >= 4 is 38.6 Å². The summed E-state index contributed by atoms with van der Waals surface area (Å²) < 4.78 is 29.4. The average molecular weight is 369 g/mol. The number of nitrogens with one attached hydrogen (secondary N) is 1. The van der Waals surface area contributed by atoms with Crippen molar-refractivity contribution in [1.29, 1.82) is 0 Å². The molecule has 3 heterocycles. The molecule has 0 aliphatic rings. The van der Waals surface area contributed by atoms with Crippen LogP contribution in [0.4, 0.5) is 14.5 Å². The molecule has 0 aliphatic carbocycles. The average Bonchev–Trinajstić information content (AvgIpc) is 3.18. The van der Waals surface area contributed by atoms with E-state index in [4.69, 9.17) is 0 Å². The van der Waals surface area contributed by atoms with Crippen LogP contribution in [-0.2, 0) is 17.7 Å². The number of aryl methyl sites for hydroxylation is 2. The fourth-order valence-electron chi connectivity index (χ4n) is 2.42. The van der Waals surface area contributed by atoms with E-state index in [1.54, 1.807) is 28.9 Å². The highest BCUT2D eigenvalue weighted by Crippen LogP contribution is 2.34. The number of thiophene rings is 2. The summed E-state index contributed by atoms with van der Waals surface area (Å²) in [4.78, 5) is 2.39. The van der Waals surface area contributed by atoms with Crippen molar-refractivity contribution < 1.29 is 13.5 Å². The van der Waals surface area contributed by atoms with E-state index >= 15 is 0 Å². The molecule has 3 aromatic heterocycles. The van der Waals surface area contributed by atoms with E-state index in [1.165, 1.54) is 4.88 Å². The SMILES string of the molecule is Cc1c(CCCOC(F)F)sc2c(NCc3cccs3)cnnc12. The molecule has 0 saturated carbocycles. The Morgan fingerprint density at radius 3 is 3.00 bits per heavy atom. The molecular weight excluding hydrogens is 352 g/mol. The van der Waals surface area contributed by atoms with Crippen molar-refractivity contribution in [2.45, 2.75) is 32.9 Å². The van der Waals surface area contributed by atoms with E-state index in [-0.39, 0.29) is 6.61 Å². The maximum atomic E-state index is 12.0. The van der Waals surface area contributed by atoms with Gasteiger partial charge in [-0.25, -0.2) is 0 Å². The Labute approximate surface area is 146 Å². The second-order valence-corrected chi connectivity index (χ2v) is 7.39. The van der Waals surface area contributed by atoms with Gasteiger partial charge in [0.25, 0.3) is 0 Å². The number of hydrogen-bond donors (Lipinski definition) is 1. The molecule has 0 fully saturated rings. The highest BCUT2D eigenvalue weighted by atomic mass is 32.1. The van der Waals surface area contributed by atoms with Gasteiger partial charge in [-0.15, -0.1) is 27.8 Å². The minimum atomic E-state index is -2.70. The van der Waals surface area contributed by atoms with Crippen molar-refractivity contribution in [3.05, 3.63) is 39.0 Å². The molecular formula is C16H17F2N3OS2. The Morgan fingerprint density at radius 1 is 1.38 bits per heavy atom. The second kappa shape index (κ2) is 7.96. The van der Waals surface area contributed by atoms with E-state index in [1.807, 2.05) is 18.4 Å². The molecule has 0 radical (unpaired) electrons. The molecule has 3 aromatic rings. The highest BCUT2D eigenvalue weighted by molar-refractivity contribution is 7.19. The van der Waals surface area contributed by atoms with Gasteiger partial charge >= 0.3 is 6.61 Å². The molecule has 8 heteroatoms. The Kier molecular flexibility index (Phi) is 5.70. The summed E-state index contributed by atoms with van der Waals surface area (Å²) in [5.41, 5.74) is 2.90. The molecule has 128 valence electrons. The van der Waals surface area contributed by atoms with Gasteiger partial charge in [-0.05, 0) is 36.8 Å². The van der Waals surface area contributed by atoms with Crippen LogP contribution >= 0.6 is 22.7 Å². The van der Waals surface area contributed by atoms with E-state index < -0.39 is 6.61 Å². The van der Waals surface area contributed by atoms with Gasteiger partial charge in [0.05, 0.1) is 23.2 Å². The van der Waals surface area contributed by atoms with Crippen molar-refractivity contribution in [3.8, 4) is 0 Å². The van der Waals surface area contributed by atoms with Crippen molar-refractivity contribution in [2.24, 2.45) is 0 Å². The lowest BCUT2D eigenvalue weighted by Crippen LogP contribution is -2.01. The topological polar surface area (TPSA) is 47.0 Å². The second-order valence-electron chi connectivity index (χ2n) is 5.25. The van der Waals surface area contributed by atoms with E-state index in [2.05, 4.69) is 26.3 Å². The van der Waals surface area contributed by atoms with Gasteiger partial charge in [0.15, 0.2) is 0 Å². The zero-order valence-corrected chi connectivity index (χ0v) is 14.7. The Balaban J connectivity index is 1.73. The molecule has 0 saturated heterocycles. The number of rotatable bonds is 8. The van der Waals surface area contributed by atoms with Gasteiger partial charge in [-0.1, -0.05) is 6.07 Å². The molecule has 0 bridgehead atoms. The molecule has 0 aliphatic heterocycles. The van der Waals surface area contributed by atoms with Gasteiger partial charge in [0.2, 0.25) is 0 Å². The lowest BCUT2D eigenvalue weighted by molar-refractivity contribution is -0.129. The zero-order chi connectivity index (χ0) is 16.9. The Hall–Kier alpha value is -1.64. The first-order valence-electron chi connectivity index (χ1n) is 7.55. The first-order chi connectivity index (χ1) is 11.6. The zero-order valence-electron chi connectivity index (χ0n) is 13.1. The predicted molar refractivity (Wildman–Crippen MR) is 94.1 cm³/mol. The summed E-state index contributed by atoms with van der Waals surface area (Å²) >= 11 is 3.34. The number of aromatic nitrogens is 2. The smallest absolute Gasteiger partial charge is 0.345 e. The first-order valence-corrected chi connectivity index (χ1v) is 9.24. The number of ether oxygens (including phenoxy) is 1. The summed E-state index contributed by atoms with van der Waals surface area (Å²) in [6.45, 7) is 0.0975. The largest absolute Gasteiger partial charge is 0.378 e. The van der Waals surface area contributed by atoms with Gasteiger partial charge in [0.1, 0.15) is 5.52 Å². The normalized spacial score (nSPS) is 11.5. The minimum Gasteiger partial charge on any atom is -0.378 e. The van der Waals surface area contributed by atoms with Gasteiger partial charge < -0.3 is 10.1 Å². The van der Waals surface area contributed by atoms with E-state index in [0.717, 1.165) is 32.9 Å². The molecule has 0 aromatic carbocycles. The van der Waals surface area contributed by atoms with E-state index in [9.17, 15) is 8.78 Å². The van der Waals surface area contributed by atoms with Crippen LogP contribution in [0.15, 0.2) is 23.7 Å². The van der Waals surface area contributed by atoms with Crippen LogP contribution in [-0.4, -0.2) is 23.4 Å². The molecule has 0 atom stereocenters. The third-order valence-corrected chi connectivity index (χ3v) is 5.88. The lowest BCUT2D eigenvalue weighted by Gasteiger charge is -2.04. The summed E-state index contributed by atoms with van der Waals surface area (Å²) in [6, 6.07) is 4.11. The number of fused-ring (bicyclic) bond motifs is 1. The fourth-order valence-corrected chi connectivity index (χ4v) is 4.33. The van der Waals surface area contributed by atoms with Crippen molar-refractivity contribution in [1.82, 2.24) is 10.2 Å². The molecule has 1 N–H and O–H groups in total. The highest BCUT2D eigenvalue weighted by Gasteiger charge is 2.14. The molecule has 3 rings (SSSR count). The fraction of sp³-hybridized carbons (Fsp3) is 0.375. The van der Waals surface area contributed by atoms with Gasteiger partial charge in [0, 0.05) is 16.3 Å². The van der Waals surface area contributed by atoms with Gasteiger partial charge in [-0.2, -0.15) is 13.9 Å². The van der Waals surface area contributed by atoms with Crippen LogP contribution in [0.2, 0.25) is 0 Å². The maximum Gasteiger partial charge on any atom is 0.345 e. The summed E-state index contributed by atoms with van der Waals surface area (Å²) in [7, 11) is 0. The lowest BCUT2D eigenvalue weighted by atomic mass is 10.2. The monoisotopic (exact) mass is 369 g/mol. The number of alkyl halides is 2. The number of anilines is 1. The van der Waals surface area contributed by atoms with Crippen LogP contribution in [0.5, 0.6) is 0 Å². The Morgan fingerprint density at radius 2 is 2.25 bits per heavy atom.